The van der Waals surface area contributed by atoms with E-state index < -0.39 is 24.0 Å². The van der Waals surface area contributed by atoms with Crippen molar-refractivity contribution >= 4 is 18.0 Å². The molecule has 0 aromatic heterocycles. The molecule has 2 aliphatic carbocycles. The molecule has 1 heterocycles. The second-order valence-corrected chi connectivity index (χ2v) is 10.6. The second-order valence-electron chi connectivity index (χ2n) is 10.6. The number of aliphatic carboxylic acids is 1. The molecule has 3 aliphatic rings. The fraction of sp³-hybridized carbons (Fsp3) is 0.464. The third kappa shape index (κ3) is 4.40. The van der Waals surface area contributed by atoms with Crippen molar-refractivity contribution in [3.63, 3.8) is 0 Å². The van der Waals surface area contributed by atoms with Crippen LogP contribution in [0.5, 0.6) is 0 Å². The van der Waals surface area contributed by atoms with Crippen molar-refractivity contribution in [2.24, 2.45) is 17.3 Å². The van der Waals surface area contributed by atoms with E-state index in [1.54, 1.807) is 4.90 Å². The van der Waals surface area contributed by atoms with Crippen LogP contribution in [0.3, 0.4) is 0 Å². The number of likely N-dealkylation sites (tertiary alicyclic amines) is 1. The van der Waals surface area contributed by atoms with Crippen molar-refractivity contribution in [1.29, 1.82) is 0 Å². The monoisotopic (exact) mass is 476 g/mol. The molecule has 2 unspecified atom stereocenters. The van der Waals surface area contributed by atoms with Gasteiger partial charge in [0.05, 0.1) is 5.92 Å². The van der Waals surface area contributed by atoms with Crippen molar-refractivity contribution < 1.29 is 24.2 Å². The molecule has 2 aromatic carbocycles. The predicted octanol–water partition coefficient (Wildman–Crippen LogP) is 4.26. The van der Waals surface area contributed by atoms with Gasteiger partial charge < -0.3 is 20.1 Å². The average molecular weight is 477 g/mol. The largest absolute Gasteiger partial charge is 0.481 e. The molecule has 184 valence electrons. The van der Waals surface area contributed by atoms with Crippen LogP contribution in [0.2, 0.25) is 0 Å². The van der Waals surface area contributed by atoms with Gasteiger partial charge in [0.1, 0.15) is 6.61 Å². The molecular weight excluding hydrogens is 444 g/mol. The zero-order chi connectivity index (χ0) is 24.7. The lowest BCUT2D eigenvalue weighted by Crippen LogP contribution is -2.43. The smallest absolute Gasteiger partial charge is 0.407 e. The molecule has 0 radical (unpaired) electrons. The molecular formula is C28H32N2O5. The van der Waals surface area contributed by atoms with Gasteiger partial charge in [-0.1, -0.05) is 62.4 Å². The number of benzene rings is 2. The highest BCUT2D eigenvalue weighted by atomic mass is 16.5. The summed E-state index contributed by atoms with van der Waals surface area (Å²) in [4.78, 5) is 39.1. The molecule has 2 fully saturated rings. The molecule has 7 heteroatoms. The van der Waals surface area contributed by atoms with Crippen LogP contribution in [0.4, 0.5) is 4.79 Å². The Labute approximate surface area is 205 Å². The molecule has 2 atom stereocenters. The van der Waals surface area contributed by atoms with Crippen LogP contribution in [0.25, 0.3) is 11.1 Å². The molecule has 5 rings (SSSR count). The Bertz CT molecular complexity index is 1110. The summed E-state index contributed by atoms with van der Waals surface area (Å²) in [7, 11) is 0. The Balaban J connectivity index is 1.20. The molecule has 1 saturated carbocycles. The van der Waals surface area contributed by atoms with Gasteiger partial charge in [0.25, 0.3) is 0 Å². The van der Waals surface area contributed by atoms with Crippen molar-refractivity contribution in [2.45, 2.75) is 45.1 Å². The van der Waals surface area contributed by atoms with Gasteiger partial charge in [-0.15, -0.1) is 0 Å². The molecule has 2 N–H and O–H groups in total. The van der Waals surface area contributed by atoms with Crippen molar-refractivity contribution in [3.05, 3.63) is 59.7 Å². The average Bonchev–Trinajstić information content (AvgIpc) is 3.38. The van der Waals surface area contributed by atoms with Gasteiger partial charge in [-0.2, -0.15) is 0 Å². The van der Waals surface area contributed by atoms with E-state index in [2.05, 4.69) is 29.6 Å². The van der Waals surface area contributed by atoms with Crippen LogP contribution in [0.1, 0.15) is 50.2 Å². The number of carboxylic acid groups (broad SMARTS) is 1. The number of hydrogen-bond acceptors (Lipinski definition) is 4. The Morgan fingerprint density at radius 2 is 1.66 bits per heavy atom. The normalized spacial score (nSPS) is 20.4. The van der Waals surface area contributed by atoms with Gasteiger partial charge in [-0.3, -0.25) is 9.59 Å². The minimum Gasteiger partial charge on any atom is -0.481 e. The molecule has 35 heavy (non-hydrogen) atoms. The fourth-order valence-corrected chi connectivity index (χ4v) is 5.73. The van der Waals surface area contributed by atoms with E-state index >= 15 is 0 Å². The summed E-state index contributed by atoms with van der Waals surface area (Å²) < 4.78 is 5.67. The topological polar surface area (TPSA) is 95.9 Å². The van der Waals surface area contributed by atoms with E-state index in [0.717, 1.165) is 24.0 Å². The lowest BCUT2D eigenvalue weighted by Gasteiger charge is -2.25. The lowest BCUT2D eigenvalue weighted by atomic mass is 9.93. The van der Waals surface area contributed by atoms with Crippen molar-refractivity contribution in [3.8, 4) is 11.1 Å². The first-order valence-corrected chi connectivity index (χ1v) is 12.4. The Morgan fingerprint density at radius 3 is 2.17 bits per heavy atom. The number of carbonyl (C=O) groups is 3. The van der Waals surface area contributed by atoms with E-state index in [9.17, 15) is 19.5 Å². The van der Waals surface area contributed by atoms with Gasteiger partial charge in [0.2, 0.25) is 5.91 Å². The number of carbonyl (C=O) groups excluding carboxylic acids is 2. The summed E-state index contributed by atoms with van der Waals surface area (Å²) in [5, 5.41) is 12.4. The number of carboxylic acids is 1. The minimum atomic E-state index is -0.824. The molecule has 7 nitrogen and oxygen atoms in total. The number of nitrogens with one attached hydrogen (secondary N) is 1. The fourth-order valence-electron chi connectivity index (χ4n) is 5.73. The van der Waals surface area contributed by atoms with Crippen LogP contribution in [0, 0.1) is 17.3 Å². The van der Waals surface area contributed by atoms with Gasteiger partial charge >= 0.3 is 12.1 Å². The molecule has 2 aromatic rings. The van der Waals surface area contributed by atoms with E-state index in [1.807, 2.05) is 38.1 Å². The first-order chi connectivity index (χ1) is 16.8. The van der Waals surface area contributed by atoms with E-state index in [4.69, 9.17) is 4.74 Å². The molecule has 2 amide bonds. The molecule has 0 bridgehead atoms. The number of alkyl carbamates (subject to hydrolysis) is 1. The summed E-state index contributed by atoms with van der Waals surface area (Å²) in [6.45, 7) is 4.87. The highest BCUT2D eigenvalue weighted by molar-refractivity contribution is 5.81. The maximum atomic E-state index is 13.0. The van der Waals surface area contributed by atoms with Crippen molar-refractivity contribution in [1.82, 2.24) is 10.2 Å². The summed E-state index contributed by atoms with van der Waals surface area (Å²) in [6, 6.07) is 16.0. The van der Waals surface area contributed by atoms with Gasteiger partial charge in [0.15, 0.2) is 0 Å². The first kappa shape index (κ1) is 23.4. The van der Waals surface area contributed by atoms with Gasteiger partial charge in [-0.25, -0.2) is 4.79 Å². The Morgan fingerprint density at radius 1 is 1.06 bits per heavy atom. The standard InChI is InChI=1S/C28H32N2O5/c1-17(2)24(13-25(31)30-14-23(26(32)33)28(16-30)11-12-28)29-27(34)35-15-22-20-9-5-3-7-18(20)19-8-4-6-10-21(19)22/h3-10,17,22-24H,11-16H2,1-2H3,(H,29,34)(H,32,33). The number of amides is 2. The number of nitrogens with zero attached hydrogens (tertiary/aromatic N) is 1. The number of ether oxygens (including phenoxy) is 1. The molecule has 1 saturated heterocycles. The second kappa shape index (κ2) is 9.02. The third-order valence-electron chi connectivity index (χ3n) is 8.04. The van der Waals surface area contributed by atoms with Crippen LogP contribution in [0.15, 0.2) is 48.5 Å². The van der Waals surface area contributed by atoms with Crippen LogP contribution < -0.4 is 5.32 Å². The Hall–Kier alpha value is -3.35. The molecule has 1 aliphatic heterocycles. The summed E-state index contributed by atoms with van der Waals surface area (Å²) >= 11 is 0. The summed E-state index contributed by atoms with van der Waals surface area (Å²) in [5.41, 5.74) is 4.39. The van der Waals surface area contributed by atoms with E-state index in [1.165, 1.54) is 11.1 Å². The maximum absolute atomic E-state index is 13.0. The highest BCUT2D eigenvalue weighted by Crippen LogP contribution is 2.56. The minimum absolute atomic E-state index is 0.0205. The third-order valence-corrected chi connectivity index (χ3v) is 8.04. The summed E-state index contributed by atoms with van der Waals surface area (Å²) in [6.07, 6.45) is 1.31. The van der Waals surface area contributed by atoms with Crippen molar-refractivity contribution in [2.75, 3.05) is 19.7 Å². The van der Waals surface area contributed by atoms with Crippen LogP contribution in [-0.4, -0.2) is 53.7 Å². The van der Waals surface area contributed by atoms with E-state index in [0.29, 0.717) is 6.54 Å². The number of hydrogen-bond donors (Lipinski definition) is 2. The van der Waals surface area contributed by atoms with Gasteiger partial charge in [-0.05, 0) is 41.0 Å². The zero-order valence-electron chi connectivity index (χ0n) is 20.2. The highest BCUT2D eigenvalue weighted by Gasteiger charge is 2.58. The van der Waals surface area contributed by atoms with Crippen LogP contribution in [-0.2, 0) is 14.3 Å². The van der Waals surface area contributed by atoms with Gasteiger partial charge in [0, 0.05) is 36.9 Å². The summed E-state index contributed by atoms with van der Waals surface area (Å²) in [5.74, 6) is -1.43. The maximum Gasteiger partial charge on any atom is 0.407 e. The lowest BCUT2D eigenvalue weighted by molar-refractivity contribution is -0.143. The van der Waals surface area contributed by atoms with E-state index in [-0.39, 0.29) is 42.7 Å². The van der Waals surface area contributed by atoms with Crippen LogP contribution >= 0.6 is 0 Å². The quantitative estimate of drug-likeness (QED) is 0.622. The SMILES string of the molecule is CC(C)C(CC(=O)N1CC(C(=O)O)C2(CC2)C1)NC(=O)OCC1c2ccccc2-c2ccccc21. The number of rotatable bonds is 7. The Kier molecular flexibility index (Phi) is 6.03. The predicted molar refractivity (Wildman–Crippen MR) is 131 cm³/mol. The zero-order valence-corrected chi connectivity index (χ0v) is 20.2. The number of fused-ring (bicyclic) bond motifs is 3. The first-order valence-electron chi connectivity index (χ1n) is 12.4. The molecule has 1 spiro atoms.